The van der Waals surface area contributed by atoms with Crippen LogP contribution in [0.3, 0.4) is 0 Å². The van der Waals surface area contributed by atoms with E-state index in [1.807, 2.05) is 6.07 Å². The Kier molecular flexibility index (Phi) is 4.21. The molecule has 0 aliphatic heterocycles. The van der Waals surface area contributed by atoms with Crippen LogP contribution in [0.2, 0.25) is 0 Å². The summed E-state index contributed by atoms with van der Waals surface area (Å²) in [5, 5.41) is 4.10. The van der Waals surface area contributed by atoms with E-state index in [0.717, 1.165) is 4.68 Å². The molecule has 0 aliphatic rings. The molecule has 2 rings (SSSR count). The minimum Gasteiger partial charge on any atom is -0.393 e. The van der Waals surface area contributed by atoms with Crippen LogP contribution in [0, 0.1) is 0 Å². The molecule has 114 valence electrons. The predicted molar refractivity (Wildman–Crippen MR) is 80.6 cm³/mol. The number of benzene rings is 1. The van der Waals surface area contributed by atoms with Gasteiger partial charge in [0, 0.05) is 19.5 Å². The average Bonchev–Trinajstić information content (AvgIpc) is 2.50. The number of anilines is 1. The Labute approximate surface area is 125 Å². The van der Waals surface area contributed by atoms with Crippen LogP contribution in [-0.4, -0.2) is 21.6 Å². The molecule has 1 heterocycles. The Morgan fingerprint density at radius 2 is 1.82 bits per heavy atom. The minimum atomic E-state index is -0.711. The second kappa shape index (κ2) is 6.08. The third kappa shape index (κ3) is 2.95. The number of hydrazine groups is 1. The summed E-state index contributed by atoms with van der Waals surface area (Å²) < 4.78 is 1.06. The van der Waals surface area contributed by atoms with Gasteiger partial charge >= 0.3 is 0 Å². The topological polar surface area (TPSA) is 119 Å². The molecule has 2 aromatic rings. The highest BCUT2D eigenvalue weighted by Crippen LogP contribution is 2.23. The van der Waals surface area contributed by atoms with Crippen molar-refractivity contribution < 1.29 is 9.59 Å². The summed E-state index contributed by atoms with van der Waals surface area (Å²) in [6.07, 6.45) is 0. The SMILES string of the molecule is CC(=O)NNC(=O)c1c(-c2ccccc2)nn(C)c(=O)c1N. The minimum absolute atomic E-state index is 0.0805. The molecule has 0 atom stereocenters. The molecule has 0 fully saturated rings. The quantitative estimate of drug-likeness (QED) is 0.664. The molecule has 0 saturated carbocycles. The fourth-order valence-electron chi connectivity index (χ4n) is 1.89. The number of aryl methyl sites for hydroxylation is 1. The molecule has 0 radical (unpaired) electrons. The smallest absolute Gasteiger partial charge is 0.290 e. The van der Waals surface area contributed by atoms with E-state index in [4.69, 9.17) is 5.73 Å². The summed E-state index contributed by atoms with van der Waals surface area (Å²) in [5.74, 6) is -1.17. The van der Waals surface area contributed by atoms with Gasteiger partial charge in [0.1, 0.15) is 11.4 Å². The maximum absolute atomic E-state index is 12.2. The Hall–Kier alpha value is -3.16. The lowest BCUT2D eigenvalue weighted by molar-refractivity contribution is -0.119. The Morgan fingerprint density at radius 1 is 1.18 bits per heavy atom. The average molecular weight is 301 g/mol. The van der Waals surface area contributed by atoms with Crippen molar-refractivity contribution in [3.8, 4) is 11.3 Å². The van der Waals surface area contributed by atoms with Gasteiger partial charge in [-0.25, -0.2) is 4.68 Å². The van der Waals surface area contributed by atoms with Crippen molar-refractivity contribution in [2.75, 3.05) is 5.73 Å². The summed E-state index contributed by atoms with van der Waals surface area (Å²) in [6.45, 7) is 1.24. The number of aromatic nitrogens is 2. The van der Waals surface area contributed by atoms with E-state index >= 15 is 0 Å². The number of hydrogen-bond acceptors (Lipinski definition) is 5. The van der Waals surface area contributed by atoms with Gasteiger partial charge in [-0.3, -0.25) is 25.2 Å². The molecule has 0 spiro atoms. The number of rotatable bonds is 2. The van der Waals surface area contributed by atoms with Crippen LogP contribution in [0.4, 0.5) is 5.69 Å². The van der Waals surface area contributed by atoms with Crippen LogP contribution >= 0.6 is 0 Å². The van der Waals surface area contributed by atoms with E-state index in [1.165, 1.54) is 14.0 Å². The lowest BCUT2D eigenvalue weighted by atomic mass is 10.0. The Balaban J connectivity index is 2.60. The molecule has 0 unspecified atom stereocenters. The zero-order valence-electron chi connectivity index (χ0n) is 12.1. The van der Waals surface area contributed by atoms with Crippen molar-refractivity contribution >= 4 is 17.5 Å². The van der Waals surface area contributed by atoms with Gasteiger partial charge in [0.25, 0.3) is 11.5 Å². The molecular weight excluding hydrogens is 286 g/mol. The number of carbonyl (C=O) groups is 2. The molecule has 1 aromatic carbocycles. The molecule has 4 N–H and O–H groups in total. The van der Waals surface area contributed by atoms with Crippen LogP contribution in [0.25, 0.3) is 11.3 Å². The maximum atomic E-state index is 12.2. The molecule has 22 heavy (non-hydrogen) atoms. The van der Waals surface area contributed by atoms with Gasteiger partial charge in [-0.1, -0.05) is 30.3 Å². The van der Waals surface area contributed by atoms with Crippen molar-refractivity contribution in [3.05, 3.63) is 46.2 Å². The van der Waals surface area contributed by atoms with Crippen LogP contribution in [0.5, 0.6) is 0 Å². The highest BCUT2D eigenvalue weighted by molar-refractivity contribution is 6.04. The molecular formula is C14H15N5O3. The van der Waals surface area contributed by atoms with Gasteiger partial charge in [-0.2, -0.15) is 5.10 Å². The third-order valence-corrected chi connectivity index (χ3v) is 2.91. The van der Waals surface area contributed by atoms with E-state index in [9.17, 15) is 14.4 Å². The van der Waals surface area contributed by atoms with E-state index in [1.54, 1.807) is 24.3 Å². The van der Waals surface area contributed by atoms with E-state index in [-0.39, 0.29) is 16.9 Å². The zero-order valence-corrected chi connectivity index (χ0v) is 12.1. The summed E-state index contributed by atoms with van der Waals surface area (Å²) in [5.41, 5.74) is 10.1. The van der Waals surface area contributed by atoms with Gasteiger partial charge in [0.2, 0.25) is 5.91 Å². The van der Waals surface area contributed by atoms with Gasteiger partial charge in [-0.15, -0.1) is 0 Å². The summed E-state index contributed by atoms with van der Waals surface area (Å²) in [7, 11) is 1.45. The van der Waals surface area contributed by atoms with Crippen molar-refractivity contribution in [1.82, 2.24) is 20.6 Å². The fourth-order valence-corrected chi connectivity index (χ4v) is 1.89. The monoisotopic (exact) mass is 301 g/mol. The Morgan fingerprint density at radius 3 is 2.41 bits per heavy atom. The fraction of sp³-hybridized carbons (Fsp3) is 0.143. The van der Waals surface area contributed by atoms with E-state index < -0.39 is 17.4 Å². The van der Waals surface area contributed by atoms with Gasteiger partial charge < -0.3 is 5.73 Å². The lowest BCUT2D eigenvalue weighted by Gasteiger charge is -2.13. The summed E-state index contributed by atoms with van der Waals surface area (Å²) >= 11 is 0. The Bertz CT molecular complexity index is 783. The second-order valence-corrected chi connectivity index (χ2v) is 4.57. The first-order valence-electron chi connectivity index (χ1n) is 6.41. The van der Waals surface area contributed by atoms with Gasteiger partial charge in [0.15, 0.2) is 0 Å². The standard InChI is InChI=1S/C14H15N5O3/c1-8(20)16-17-13(21)10-11(15)14(22)19(2)18-12(10)9-6-4-3-5-7-9/h3-7H,15H2,1-2H3,(H,16,20)(H,17,21). The van der Waals surface area contributed by atoms with Crippen molar-refractivity contribution in [3.63, 3.8) is 0 Å². The van der Waals surface area contributed by atoms with Crippen LogP contribution in [0.1, 0.15) is 17.3 Å². The highest BCUT2D eigenvalue weighted by atomic mass is 16.2. The number of carbonyl (C=O) groups excluding carboxylic acids is 2. The molecule has 1 aromatic heterocycles. The first kappa shape index (κ1) is 15.2. The summed E-state index contributed by atoms with van der Waals surface area (Å²) in [6, 6.07) is 8.83. The van der Waals surface area contributed by atoms with Crippen molar-refractivity contribution in [2.24, 2.45) is 7.05 Å². The van der Waals surface area contributed by atoms with Gasteiger partial charge in [-0.05, 0) is 0 Å². The number of hydrogen-bond donors (Lipinski definition) is 3. The van der Waals surface area contributed by atoms with Gasteiger partial charge in [0.05, 0.1) is 5.56 Å². The van der Waals surface area contributed by atoms with Crippen LogP contribution in [-0.2, 0) is 11.8 Å². The highest BCUT2D eigenvalue weighted by Gasteiger charge is 2.21. The number of nitrogen functional groups attached to an aromatic ring is 1. The number of nitrogens with zero attached hydrogens (tertiary/aromatic N) is 2. The largest absolute Gasteiger partial charge is 0.393 e. The third-order valence-electron chi connectivity index (χ3n) is 2.91. The number of amides is 2. The van der Waals surface area contributed by atoms with Crippen LogP contribution in [0.15, 0.2) is 35.1 Å². The first-order chi connectivity index (χ1) is 10.4. The second-order valence-electron chi connectivity index (χ2n) is 4.57. The van der Waals surface area contributed by atoms with Crippen molar-refractivity contribution in [2.45, 2.75) is 6.92 Å². The molecule has 8 heteroatoms. The van der Waals surface area contributed by atoms with E-state index in [0.29, 0.717) is 5.56 Å². The van der Waals surface area contributed by atoms with E-state index in [2.05, 4.69) is 16.0 Å². The first-order valence-corrected chi connectivity index (χ1v) is 6.41. The molecule has 2 amide bonds. The molecule has 0 aliphatic carbocycles. The number of nitrogens with one attached hydrogen (secondary N) is 2. The normalized spacial score (nSPS) is 10.1. The number of nitrogens with two attached hydrogens (primary N) is 1. The molecule has 0 saturated heterocycles. The zero-order chi connectivity index (χ0) is 16.3. The lowest BCUT2D eigenvalue weighted by Crippen LogP contribution is -2.42. The molecule has 0 bridgehead atoms. The predicted octanol–water partition coefficient (Wildman–Crippen LogP) is -0.190. The molecule has 8 nitrogen and oxygen atoms in total. The summed E-state index contributed by atoms with van der Waals surface area (Å²) in [4.78, 5) is 35.1. The maximum Gasteiger partial charge on any atom is 0.290 e. The van der Waals surface area contributed by atoms with Crippen LogP contribution < -0.4 is 22.1 Å². The van der Waals surface area contributed by atoms with Crippen molar-refractivity contribution in [1.29, 1.82) is 0 Å².